The minimum atomic E-state index is -4.44. The van der Waals surface area contributed by atoms with Crippen LogP contribution in [0.1, 0.15) is 41.0 Å². The molecule has 2 heterocycles. The van der Waals surface area contributed by atoms with E-state index in [-0.39, 0.29) is 5.69 Å². The van der Waals surface area contributed by atoms with Crippen molar-refractivity contribution in [2.24, 2.45) is 0 Å². The van der Waals surface area contributed by atoms with E-state index in [4.69, 9.17) is 9.47 Å². The molecular formula is C23H28F3N3O3. The fourth-order valence-corrected chi connectivity index (χ4v) is 2.73. The normalized spacial score (nSPS) is 11.5. The van der Waals surface area contributed by atoms with Crippen LogP contribution in [-0.2, 0) is 4.74 Å². The summed E-state index contributed by atoms with van der Waals surface area (Å²) in [4.78, 5) is 17.9. The summed E-state index contributed by atoms with van der Waals surface area (Å²) in [5.41, 5.74) is -0.410. The highest BCUT2D eigenvalue weighted by Gasteiger charge is 2.32. The number of halogens is 3. The Morgan fingerprint density at radius 3 is 2.34 bits per heavy atom. The highest BCUT2D eigenvalue weighted by atomic mass is 19.4. The molecule has 0 radical (unpaired) electrons. The standard InChI is InChI=1S/C21H22F3N3O3.C2H6/c1-20(2,3)30-19(28)27(11-9-21(22,23)24)17-13-16(14-26-12-10-25-18(17)26)29-15-7-5-4-6-8-15;1-2/h4-8,10,12-14H,9,11H2,1-3H3;1-2H3. The second kappa shape index (κ2) is 10.4. The number of carbonyl (C=O) groups excluding carboxylic acids is 1. The summed E-state index contributed by atoms with van der Waals surface area (Å²) in [5.74, 6) is 0.879. The molecule has 1 amide bonds. The lowest BCUT2D eigenvalue weighted by atomic mass is 10.2. The average molecular weight is 451 g/mol. The second-order valence-electron chi connectivity index (χ2n) is 7.63. The minimum Gasteiger partial charge on any atom is -0.456 e. The molecule has 0 atom stereocenters. The lowest BCUT2D eigenvalue weighted by Gasteiger charge is -2.28. The van der Waals surface area contributed by atoms with E-state index in [1.165, 1.54) is 12.3 Å². The number of hydrogen-bond donors (Lipinski definition) is 0. The first-order chi connectivity index (χ1) is 15.0. The van der Waals surface area contributed by atoms with E-state index in [9.17, 15) is 18.0 Å². The van der Waals surface area contributed by atoms with Crippen molar-refractivity contribution in [2.75, 3.05) is 11.4 Å². The molecule has 6 nitrogen and oxygen atoms in total. The summed E-state index contributed by atoms with van der Waals surface area (Å²) in [7, 11) is 0. The summed E-state index contributed by atoms with van der Waals surface area (Å²) in [5, 5.41) is 0. The van der Waals surface area contributed by atoms with Crippen molar-refractivity contribution in [3.05, 3.63) is 55.0 Å². The van der Waals surface area contributed by atoms with Crippen molar-refractivity contribution in [2.45, 2.75) is 52.8 Å². The van der Waals surface area contributed by atoms with Gasteiger partial charge >= 0.3 is 12.3 Å². The van der Waals surface area contributed by atoms with Gasteiger partial charge in [0.25, 0.3) is 0 Å². The van der Waals surface area contributed by atoms with Gasteiger partial charge in [-0.15, -0.1) is 0 Å². The molecule has 0 aliphatic heterocycles. The minimum absolute atomic E-state index is 0.159. The first kappa shape index (κ1) is 25.0. The van der Waals surface area contributed by atoms with Crippen LogP contribution >= 0.6 is 0 Å². The molecule has 3 aromatic rings. The Labute approximate surface area is 185 Å². The number of rotatable bonds is 5. The summed E-state index contributed by atoms with van der Waals surface area (Å²) in [6.07, 6.45) is -1.79. The number of alkyl halides is 3. The van der Waals surface area contributed by atoms with E-state index in [1.807, 2.05) is 19.9 Å². The lowest BCUT2D eigenvalue weighted by molar-refractivity contribution is -0.132. The van der Waals surface area contributed by atoms with Crippen LogP contribution < -0.4 is 9.64 Å². The molecule has 0 aliphatic rings. The number of imidazole rings is 1. The van der Waals surface area contributed by atoms with Crippen LogP contribution in [0.4, 0.5) is 23.7 Å². The number of amides is 1. The Bertz CT molecular complexity index is 1010. The second-order valence-corrected chi connectivity index (χ2v) is 7.63. The van der Waals surface area contributed by atoms with Gasteiger partial charge in [0, 0.05) is 25.0 Å². The van der Waals surface area contributed by atoms with Crippen molar-refractivity contribution in [3.63, 3.8) is 0 Å². The SMILES string of the molecule is CC.CC(C)(C)OC(=O)N(CCC(F)(F)F)c1cc(Oc2ccccc2)cn2ccnc12. The third kappa shape index (κ3) is 7.18. The van der Waals surface area contributed by atoms with Crippen LogP contribution in [0.25, 0.3) is 5.65 Å². The molecule has 32 heavy (non-hydrogen) atoms. The van der Waals surface area contributed by atoms with Crippen molar-refractivity contribution < 1.29 is 27.4 Å². The van der Waals surface area contributed by atoms with E-state index in [0.29, 0.717) is 17.1 Å². The fraction of sp³-hybridized carbons (Fsp3) is 0.391. The average Bonchev–Trinajstić information content (AvgIpc) is 3.17. The van der Waals surface area contributed by atoms with E-state index >= 15 is 0 Å². The van der Waals surface area contributed by atoms with Gasteiger partial charge in [-0.1, -0.05) is 32.0 Å². The van der Waals surface area contributed by atoms with Crippen molar-refractivity contribution in [1.82, 2.24) is 9.38 Å². The quantitative estimate of drug-likeness (QED) is 0.426. The van der Waals surface area contributed by atoms with Gasteiger partial charge in [-0.3, -0.25) is 4.90 Å². The van der Waals surface area contributed by atoms with Gasteiger partial charge in [-0.2, -0.15) is 13.2 Å². The number of nitrogens with zero attached hydrogens (tertiary/aromatic N) is 3. The monoisotopic (exact) mass is 451 g/mol. The molecule has 0 saturated carbocycles. The van der Waals surface area contributed by atoms with Crippen LogP contribution in [0, 0.1) is 0 Å². The number of benzene rings is 1. The first-order valence-corrected chi connectivity index (χ1v) is 10.3. The summed E-state index contributed by atoms with van der Waals surface area (Å²) < 4.78 is 51.5. The Morgan fingerprint density at radius 1 is 1.09 bits per heavy atom. The summed E-state index contributed by atoms with van der Waals surface area (Å²) >= 11 is 0. The van der Waals surface area contributed by atoms with Gasteiger partial charge in [0.15, 0.2) is 5.65 Å². The van der Waals surface area contributed by atoms with Gasteiger partial charge in [-0.25, -0.2) is 9.78 Å². The third-order valence-electron chi connectivity index (χ3n) is 3.95. The predicted octanol–water partition coefficient (Wildman–Crippen LogP) is 6.85. The molecule has 174 valence electrons. The van der Waals surface area contributed by atoms with Crippen molar-refractivity contribution in [3.8, 4) is 11.5 Å². The molecule has 0 fully saturated rings. The first-order valence-electron chi connectivity index (χ1n) is 10.3. The molecule has 0 N–H and O–H groups in total. The molecule has 1 aromatic carbocycles. The number of carbonyl (C=O) groups is 1. The zero-order valence-corrected chi connectivity index (χ0v) is 18.8. The Kier molecular flexibility index (Phi) is 8.13. The summed E-state index contributed by atoms with van der Waals surface area (Å²) in [6, 6.07) is 10.4. The van der Waals surface area contributed by atoms with E-state index in [2.05, 4.69) is 4.98 Å². The van der Waals surface area contributed by atoms with Crippen molar-refractivity contribution in [1.29, 1.82) is 0 Å². The van der Waals surface area contributed by atoms with E-state index < -0.39 is 30.8 Å². The zero-order chi connectivity index (χ0) is 23.9. The molecular weight excluding hydrogens is 423 g/mol. The van der Waals surface area contributed by atoms with Crippen LogP contribution in [0.2, 0.25) is 0 Å². The van der Waals surface area contributed by atoms with Crippen LogP contribution in [-0.4, -0.2) is 33.8 Å². The lowest BCUT2D eigenvalue weighted by Crippen LogP contribution is -2.39. The topological polar surface area (TPSA) is 56.1 Å². The number of ether oxygens (including phenoxy) is 2. The molecule has 0 spiro atoms. The smallest absolute Gasteiger partial charge is 0.414 e. The van der Waals surface area contributed by atoms with Gasteiger partial charge in [0.05, 0.1) is 18.3 Å². The zero-order valence-electron chi connectivity index (χ0n) is 18.8. The number of fused-ring (bicyclic) bond motifs is 1. The maximum Gasteiger partial charge on any atom is 0.414 e. The molecule has 9 heteroatoms. The van der Waals surface area contributed by atoms with Crippen LogP contribution in [0.15, 0.2) is 55.0 Å². The van der Waals surface area contributed by atoms with Gasteiger partial charge < -0.3 is 13.9 Å². The Morgan fingerprint density at radius 2 is 1.75 bits per heavy atom. The largest absolute Gasteiger partial charge is 0.456 e. The highest BCUT2D eigenvalue weighted by Crippen LogP contribution is 2.32. The molecule has 0 unspecified atom stereocenters. The van der Waals surface area contributed by atoms with E-state index in [0.717, 1.165) is 4.90 Å². The molecule has 0 aliphatic carbocycles. The molecule has 2 aromatic heterocycles. The fourth-order valence-electron chi connectivity index (χ4n) is 2.73. The number of hydrogen-bond acceptors (Lipinski definition) is 4. The molecule has 0 bridgehead atoms. The Hall–Kier alpha value is -3.23. The highest BCUT2D eigenvalue weighted by molar-refractivity contribution is 5.92. The Balaban J connectivity index is 0.00000176. The maximum absolute atomic E-state index is 12.9. The number of para-hydroxylation sites is 1. The van der Waals surface area contributed by atoms with E-state index in [1.54, 1.807) is 61.8 Å². The maximum atomic E-state index is 12.9. The van der Waals surface area contributed by atoms with Crippen molar-refractivity contribution >= 4 is 17.4 Å². The third-order valence-corrected chi connectivity index (χ3v) is 3.95. The molecule has 0 saturated heterocycles. The van der Waals surface area contributed by atoms with Gasteiger partial charge in [-0.05, 0) is 32.9 Å². The predicted molar refractivity (Wildman–Crippen MR) is 117 cm³/mol. The van der Waals surface area contributed by atoms with Crippen LogP contribution in [0.5, 0.6) is 11.5 Å². The number of aromatic nitrogens is 2. The van der Waals surface area contributed by atoms with Gasteiger partial charge in [0.1, 0.15) is 17.1 Å². The molecule has 3 rings (SSSR count). The summed E-state index contributed by atoms with van der Waals surface area (Å²) in [6.45, 7) is 8.32. The number of pyridine rings is 1. The number of anilines is 1. The van der Waals surface area contributed by atoms with Crippen LogP contribution in [0.3, 0.4) is 0 Å². The van der Waals surface area contributed by atoms with Gasteiger partial charge in [0.2, 0.25) is 0 Å².